The van der Waals surface area contributed by atoms with Gasteiger partial charge < -0.3 is 14.8 Å². The summed E-state index contributed by atoms with van der Waals surface area (Å²) in [5.41, 5.74) is 0.972. The molecule has 120 valence electrons. The number of carbonyl (C=O) groups is 1. The van der Waals surface area contributed by atoms with Crippen molar-refractivity contribution in [3.63, 3.8) is 0 Å². The molecule has 0 heterocycles. The minimum atomic E-state index is -0.127. The molecule has 0 aromatic heterocycles. The van der Waals surface area contributed by atoms with E-state index in [1.165, 1.54) is 6.08 Å². The summed E-state index contributed by atoms with van der Waals surface area (Å²) in [4.78, 5) is 11.8. The second-order valence-corrected chi connectivity index (χ2v) is 4.69. The number of hydrogen-bond donors (Lipinski definition) is 1. The standard InChI is InChI=1S/C18H25NO3/c1-5-8-9-10-18(20)19-14(4)15-11-12-16(21-6-2)17(13-15)22-7-3/h5,8-14H,6-7H2,1-4H3,(H,19,20)/b8-5+,10-9+/t14-/m1/s1. The molecule has 0 unspecified atom stereocenters. The van der Waals surface area contributed by atoms with E-state index in [-0.39, 0.29) is 11.9 Å². The summed E-state index contributed by atoms with van der Waals surface area (Å²) in [6, 6.07) is 5.61. The van der Waals surface area contributed by atoms with Crippen LogP contribution in [0.4, 0.5) is 0 Å². The molecule has 0 saturated carbocycles. The highest BCUT2D eigenvalue weighted by Gasteiger charge is 2.12. The van der Waals surface area contributed by atoms with Gasteiger partial charge in [0.25, 0.3) is 0 Å². The molecule has 0 radical (unpaired) electrons. The molecule has 4 nitrogen and oxygen atoms in total. The summed E-state index contributed by atoms with van der Waals surface area (Å²) in [7, 11) is 0. The molecule has 1 aromatic rings. The van der Waals surface area contributed by atoms with Gasteiger partial charge in [0.05, 0.1) is 19.3 Å². The Hall–Kier alpha value is -2.23. The first kappa shape index (κ1) is 17.8. The number of carbonyl (C=O) groups excluding carboxylic acids is 1. The highest BCUT2D eigenvalue weighted by atomic mass is 16.5. The zero-order valence-electron chi connectivity index (χ0n) is 13.8. The van der Waals surface area contributed by atoms with Crippen LogP contribution in [-0.2, 0) is 4.79 Å². The van der Waals surface area contributed by atoms with Crippen LogP contribution in [0.25, 0.3) is 0 Å². The molecule has 1 rings (SSSR count). The van der Waals surface area contributed by atoms with Gasteiger partial charge in [0.15, 0.2) is 11.5 Å². The SMILES string of the molecule is C/C=C/C=C/C(=O)N[C@H](C)c1ccc(OCC)c(OCC)c1. The predicted molar refractivity (Wildman–Crippen MR) is 89.3 cm³/mol. The zero-order valence-corrected chi connectivity index (χ0v) is 13.8. The maximum atomic E-state index is 11.8. The van der Waals surface area contributed by atoms with Crippen LogP contribution in [0.15, 0.2) is 42.5 Å². The van der Waals surface area contributed by atoms with Crippen LogP contribution in [0.1, 0.15) is 39.3 Å². The summed E-state index contributed by atoms with van der Waals surface area (Å²) in [5.74, 6) is 1.30. The van der Waals surface area contributed by atoms with Crippen molar-refractivity contribution >= 4 is 5.91 Å². The molecule has 0 aliphatic heterocycles. The monoisotopic (exact) mass is 303 g/mol. The molecule has 4 heteroatoms. The molecule has 1 N–H and O–H groups in total. The average Bonchev–Trinajstić information content (AvgIpc) is 2.49. The van der Waals surface area contributed by atoms with Crippen LogP contribution < -0.4 is 14.8 Å². The fourth-order valence-corrected chi connectivity index (χ4v) is 1.94. The molecule has 0 aliphatic rings. The normalized spacial score (nSPS) is 12.5. The maximum absolute atomic E-state index is 11.8. The summed E-state index contributed by atoms with van der Waals surface area (Å²) in [6.07, 6.45) is 6.91. The number of rotatable bonds is 8. The van der Waals surface area contributed by atoms with Gasteiger partial charge in [-0.25, -0.2) is 0 Å². The van der Waals surface area contributed by atoms with Gasteiger partial charge in [0.1, 0.15) is 0 Å². The Morgan fingerprint density at radius 1 is 1.18 bits per heavy atom. The molecule has 1 aromatic carbocycles. The summed E-state index contributed by atoms with van der Waals surface area (Å²) >= 11 is 0. The molecule has 1 amide bonds. The number of nitrogens with one attached hydrogen (secondary N) is 1. The molecule has 22 heavy (non-hydrogen) atoms. The maximum Gasteiger partial charge on any atom is 0.244 e. The van der Waals surface area contributed by atoms with Crippen molar-refractivity contribution in [2.24, 2.45) is 0 Å². The molecule has 0 bridgehead atoms. The van der Waals surface area contributed by atoms with E-state index >= 15 is 0 Å². The first-order valence-corrected chi connectivity index (χ1v) is 7.61. The van der Waals surface area contributed by atoms with Crippen molar-refractivity contribution in [2.45, 2.75) is 33.7 Å². The van der Waals surface area contributed by atoms with Crippen molar-refractivity contribution in [2.75, 3.05) is 13.2 Å². The van der Waals surface area contributed by atoms with E-state index in [1.807, 2.05) is 58.0 Å². The Labute approximate surface area is 132 Å². The number of benzene rings is 1. The van der Waals surface area contributed by atoms with E-state index < -0.39 is 0 Å². The third kappa shape index (κ3) is 5.64. The van der Waals surface area contributed by atoms with Gasteiger partial charge in [-0.1, -0.05) is 24.3 Å². The Balaban J connectivity index is 2.82. The van der Waals surface area contributed by atoms with E-state index in [9.17, 15) is 4.79 Å². The Kier molecular flexibility index (Phi) is 7.83. The quantitative estimate of drug-likeness (QED) is 0.587. The van der Waals surface area contributed by atoms with E-state index in [0.29, 0.717) is 19.0 Å². The van der Waals surface area contributed by atoms with Crippen LogP contribution in [0.5, 0.6) is 11.5 Å². The topological polar surface area (TPSA) is 47.6 Å². The number of allylic oxidation sites excluding steroid dienone is 3. The predicted octanol–water partition coefficient (Wildman–Crippen LogP) is 3.79. The molecule has 0 aliphatic carbocycles. The number of amides is 1. The first-order chi connectivity index (χ1) is 10.6. The molecule has 0 spiro atoms. The van der Waals surface area contributed by atoms with Crippen molar-refractivity contribution in [1.29, 1.82) is 0 Å². The molecule has 0 saturated heterocycles. The highest BCUT2D eigenvalue weighted by molar-refractivity contribution is 5.88. The van der Waals surface area contributed by atoms with E-state index in [4.69, 9.17) is 9.47 Å². The van der Waals surface area contributed by atoms with Crippen LogP contribution >= 0.6 is 0 Å². The summed E-state index contributed by atoms with van der Waals surface area (Å²) in [5, 5.41) is 2.92. The summed E-state index contributed by atoms with van der Waals surface area (Å²) < 4.78 is 11.1. The smallest absolute Gasteiger partial charge is 0.244 e. The largest absolute Gasteiger partial charge is 0.490 e. The van der Waals surface area contributed by atoms with Crippen molar-refractivity contribution in [3.8, 4) is 11.5 Å². The summed E-state index contributed by atoms with van der Waals surface area (Å²) in [6.45, 7) is 8.86. The number of ether oxygens (including phenoxy) is 2. The fraction of sp³-hybridized carbons (Fsp3) is 0.389. The van der Waals surface area contributed by atoms with Crippen LogP contribution in [0.2, 0.25) is 0 Å². The van der Waals surface area contributed by atoms with Gasteiger partial charge in [0, 0.05) is 6.08 Å². The third-order valence-electron chi connectivity index (χ3n) is 2.98. The lowest BCUT2D eigenvalue weighted by Gasteiger charge is -2.16. The first-order valence-electron chi connectivity index (χ1n) is 7.61. The van der Waals surface area contributed by atoms with Crippen LogP contribution in [0, 0.1) is 0 Å². The van der Waals surface area contributed by atoms with Crippen LogP contribution in [0.3, 0.4) is 0 Å². The molecular weight excluding hydrogens is 278 g/mol. The zero-order chi connectivity index (χ0) is 16.4. The minimum absolute atomic E-state index is 0.113. The lowest BCUT2D eigenvalue weighted by molar-refractivity contribution is -0.117. The second-order valence-electron chi connectivity index (χ2n) is 4.69. The van der Waals surface area contributed by atoms with E-state index in [2.05, 4.69) is 5.32 Å². The van der Waals surface area contributed by atoms with Crippen molar-refractivity contribution < 1.29 is 14.3 Å². The van der Waals surface area contributed by atoms with Gasteiger partial charge in [-0.05, 0) is 45.4 Å². The van der Waals surface area contributed by atoms with Gasteiger partial charge >= 0.3 is 0 Å². The lowest BCUT2D eigenvalue weighted by Crippen LogP contribution is -2.24. The van der Waals surface area contributed by atoms with Crippen molar-refractivity contribution in [3.05, 3.63) is 48.1 Å². The highest BCUT2D eigenvalue weighted by Crippen LogP contribution is 2.30. The Bertz CT molecular complexity index is 535. The van der Waals surface area contributed by atoms with Gasteiger partial charge in [-0.2, -0.15) is 0 Å². The average molecular weight is 303 g/mol. The molecular formula is C18H25NO3. The van der Waals surface area contributed by atoms with Gasteiger partial charge in [0.2, 0.25) is 5.91 Å². The Morgan fingerprint density at radius 3 is 2.50 bits per heavy atom. The minimum Gasteiger partial charge on any atom is -0.490 e. The van der Waals surface area contributed by atoms with Gasteiger partial charge in [-0.3, -0.25) is 4.79 Å². The van der Waals surface area contributed by atoms with Crippen molar-refractivity contribution in [1.82, 2.24) is 5.32 Å². The Morgan fingerprint density at radius 2 is 1.86 bits per heavy atom. The van der Waals surface area contributed by atoms with Crippen LogP contribution in [-0.4, -0.2) is 19.1 Å². The second kappa shape index (κ2) is 9.66. The lowest BCUT2D eigenvalue weighted by atomic mass is 10.1. The fourth-order valence-electron chi connectivity index (χ4n) is 1.94. The number of hydrogen-bond acceptors (Lipinski definition) is 3. The van der Waals surface area contributed by atoms with E-state index in [0.717, 1.165) is 11.3 Å². The van der Waals surface area contributed by atoms with Gasteiger partial charge in [-0.15, -0.1) is 0 Å². The molecule has 0 fully saturated rings. The third-order valence-corrected chi connectivity index (χ3v) is 2.98. The molecule has 1 atom stereocenters. The van der Waals surface area contributed by atoms with E-state index in [1.54, 1.807) is 6.08 Å².